The number of hydrogen-bond donors (Lipinski definition) is 0. The highest BCUT2D eigenvalue weighted by atomic mass is 16.7. The largest absolute Gasteiger partial charge is 0.514 e. The molecule has 1 fully saturated rings. The van der Waals surface area contributed by atoms with Gasteiger partial charge in [-0.3, -0.25) is 14.4 Å². The number of ether oxygens (including phenoxy) is 3. The van der Waals surface area contributed by atoms with Crippen LogP contribution >= 0.6 is 0 Å². The molecule has 0 heterocycles. The minimum Gasteiger partial charge on any atom is -0.431 e. The van der Waals surface area contributed by atoms with E-state index in [4.69, 9.17) is 14.2 Å². The molecule has 0 radical (unpaired) electrons. The van der Waals surface area contributed by atoms with Gasteiger partial charge < -0.3 is 14.2 Å². The van der Waals surface area contributed by atoms with Crippen LogP contribution in [0.4, 0.5) is 4.79 Å². The topological polar surface area (TPSA) is 96.0 Å². The summed E-state index contributed by atoms with van der Waals surface area (Å²) < 4.78 is 16.1. The summed E-state index contributed by atoms with van der Waals surface area (Å²) in [4.78, 5) is 49.3. The Kier molecular flexibility index (Phi) is 7.76. The van der Waals surface area contributed by atoms with Gasteiger partial charge in [-0.1, -0.05) is 38.5 Å². The summed E-state index contributed by atoms with van der Waals surface area (Å²) in [5.41, 5.74) is 0.165. The minimum atomic E-state index is -0.870. The van der Waals surface area contributed by atoms with Gasteiger partial charge in [0.25, 0.3) is 0 Å². The molecule has 0 aromatic heterocycles. The summed E-state index contributed by atoms with van der Waals surface area (Å²) in [7, 11) is 0. The smallest absolute Gasteiger partial charge is 0.431 e. The zero-order valence-corrected chi connectivity index (χ0v) is 18.2. The Bertz CT molecular complexity index is 1000. The lowest BCUT2D eigenvalue weighted by Gasteiger charge is -2.21. The van der Waals surface area contributed by atoms with Crippen molar-refractivity contribution < 1.29 is 33.4 Å². The molecule has 168 valence electrons. The summed E-state index contributed by atoms with van der Waals surface area (Å²) in [5.74, 6) is -1.68. The Morgan fingerprint density at radius 2 is 1.59 bits per heavy atom. The van der Waals surface area contributed by atoms with Crippen molar-refractivity contribution in [3.8, 4) is 11.5 Å². The molecule has 0 amide bonds. The van der Waals surface area contributed by atoms with Crippen LogP contribution in [0, 0.1) is 5.92 Å². The van der Waals surface area contributed by atoms with Gasteiger partial charge in [0, 0.05) is 0 Å². The van der Waals surface area contributed by atoms with E-state index in [2.05, 4.69) is 0 Å². The van der Waals surface area contributed by atoms with Gasteiger partial charge in [-0.25, -0.2) is 4.79 Å². The predicted molar refractivity (Wildman–Crippen MR) is 116 cm³/mol. The number of carbonyl (C=O) groups excluding carboxylic acids is 4. The molecular weight excluding hydrogens is 412 g/mol. The molecule has 7 heteroatoms. The molecule has 1 aliphatic rings. The summed E-state index contributed by atoms with van der Waals surface area (Å²) >= 11 is 0. The van der Waals surface area contributed by atoms with Crippen LogP contribution in [0.3, 0.4) is 0 Å². The fraction of sp³-hybridized carbons (Fsp3) is 0.360. The Balaban J connectivity index is 1.87. The fourth-order valence-corrected chi connectivity index (χ4v) is 3.48. The Hall–Kier alpha value is -3.48. The summed E-state index contributed by atoms with van der Waals surface area (Å²) in [6.45, 7) is 3.29. The van der Waals surface area contributed by atoms with Crippen molar-refractivity contribution in [3.63, 3.8) is 0 Å². The van der Waals surface area contributed by atoms with Gasteiger partial charge in [0.15, 0.2) is 12.0 Å². The lowest BCUT2D eigenvalue weighted by Crippen LogP contribution is -2.23. The second kappa shape index (κ2) is 10.7. The first-order valence-electron chi connectivity index (χ1n) is 10.7. The van der Waals surface area contributed by atoms with Gasteiger partial charge >= 0.3 is 12.1 Å². The molecule has 0 saturated heterocycles. The highest BCUT2D eigenvalue weighted by molar-refractivity contribution is 6.13. The van der Waals surface area contributed by atoms with Crippen LogP contribution in [0.15, 0.2) is 42.5 Å². The van der Waals surface area contributed by atoms with Crippen molar-refractivity contribution in [2.75, 3.05) is 0 Å². The number of hydrogen-bond acceptors (Lipinski definition) is 7. The molecular formula is C25H26O7. The molecule has 32 heavy (non-hydrogen) atoms. The molecule has 1 saturated carbocycles. The SMILES string of the molecule is CC(C)C(=O)Oc1c(C=O)cccc1C(=O)c1ccccc1OC(=O)OC1CCCCC1. The van der Waals surface area contributed by atoms with Crippen LogP contribution in [0.5, 0.6) is 11.5 Å². The average molecular weight is 438 g/mol. The minimum absolute atomic E-state index is 0.0142. The third-order valence-electron chi connectivity index (χ3n) is 5.23. The van der Waals surface area contributed by atoms with Gasteiger partial charge in [-0.15, -0.1) is 0 Å². The first kappa shape index (κ1) is 23.2. The number of para-hydroxylation sites is 2. The standard InChI is InChI=1S/C25H26O7/c1-16(2)24(28)32-23-17(15-26)9-8-13-20(23)22(27)19-12-6-7-14-21(19)31-25(29)30-18-10-4-3-5-11-18/h6-9,12-16,18H,3-5,10-11H2,1-2H3. The van der Waals surface area contributed by atoms with Crippen LogP contribution in [0.25, 0.3) is 0 Å². The second-order valence-corrected chi connectivity index (χ2v) is 7.97. The van der Waals surface area contributed by atoms with Crippen LogP contribution in [-0.4, -0.2) is 30.3 Å². The molecule has 0 unspecified atom stereocenters. The van der Waals surface area contributed by atoms with E-state index in [1.165, 1.54) is 30.3 Å². The maximum Gasteiger partial charge on any atom is 0.514 e. The number of rotatable bonds is 7. The second-order valence-electron chi connectivity index (χ2n) is 7.97. The van der Waals surface area contributed by atoms with Crippen molar-refractivity contribution in [2.24, 2.45) is 5.92 Å². The zero-order chi connectivity index (χ0) is 23.1. The molecule has 0 aliphatic heterocycles. The maximum atomic E-state index is 13.3. The number of esters is 1. The molecule has 2 aromatic rings. The molecule has 7 nitrogen and oxygen atoms in total. The normalized spacial score (nSPS) is 14.0. The molecule has 2 aromatic carbocycles. The monoisotopic (exact) mass is 438 g/mol. The van der Waals surface area contributed by atoms with Gasteiger partial charge in [0.05, 0.1) is 22.6 Å². The van der Waals surface area contributed by atoms with Crippen molar-refractivity contribution in [3.05, 3.63) is 59.2 Å². The molecule has 3 rings (SSSR count). The first-order valence-corrected chi connectivity index (χ1v) is 10.7. The Morgan fingerprint density at radius 3 is 2.28 bits per heavy atom. The number of ketones is 1. The van der Waals surface area contributed by atoms with Gasteiger partial charge in [-0.05, 0) is 49.9 Å². The first-order chi connectivity index (χ1) is 15.4. The third kappa shape index (κ3) is 5.60. The Labute approximate surface area is 186 Å². The van der Waals surface area contributed by atoms with E-state index in [1.54, 1.807) is 26.0 Å². The molecule has 1 aliphatic carbocycles. The molecule has 0 bridgehead atoms. The molecule has 0 N–H and O–H groups in total. The summed E-state index contributed by atoms with van der Waals surface area (Å²) in [6.07, 6.45) is 4.16. The number of aldehydes is 1. The van der Waals surface area contributed by atoms with Crippen LogP contribution in [0.1, 0.15) is 72.2 Å². The van der Waals surface area contributed by atoms with Crippen LogP contribution in [0.2, 0.25) is 0 Å². The Morgan fingerprint density at radius 1 is 0.906 bits per heavy atom. The quantitative estimate of drug-likeness (QED) is 0.194. The maximum absolute atomic E-state index is 13.3. The van der Waals surface area contributed by atoms with Crippen molar-refractivity contribution in [2.45, 2.75) is 52.1 Å². The van der Waals surface area contributed by atoms with E-state index in [1.807, 2.05) is 0 Å². The van der Waals surface area contributed by atoms with E-state index in [9.17, 15) is 19.2 Å². The summed E-state index contributed by atoms with van der Waals surface area (Å²) in [5, 5.41) is 0. The zero-order valence-electron chi connectivity index (χ0n) is 18.2. The summed E-state index contributed by atoms with van der Waals surface area (Å²) in [6, 6.07) is 10.7. The van der Waals surface area contributed by atoms with E-state index in [0.29, 0.717) is 6.29 Å². The highest BCUT2D eigenvalue weighted by Gasteiger charge is 2.25. The number of benzene rings is 2. The van der Waals surface area contributed by atoms with Gasteiger partial charge in [0.2, 0.25) is 5.78 Å². The van der Waals surface area contributed by atoms with E-state index in [0.717, 1.165) is 32.1 Å². The van der Waals surface area contributed by atoms with Crippen LogP contribution < -0.4 is 9.47 Å². The van der Waals surface area contributed by atoms with E-state index in [-0.39, 0.29) is 34.3 Å². The molecule has 0 atom stereocenters. The van der Waals surface area contributed by atoms with Crippen molar-refractivity contribution >= 4 is 24.2 Å². The fourth-order valence-electron chi connectivity index (χ4n) is 3.48. The van der Waals surface area contributed by atoms with E-state index >= 15 is 0 Å². The number of carbonyl (C=O) groups is 4. The van der Waals surface area contributed by atoms with Crippen molar-refractivity contribution in [1.29, 1.82) is 0 Å². The average Bonchev–Trinajstić information content (AvgIpc) is 2.79. The lowest BCUT2D eigenvalue weighted by atomic mass is 9.98. The third-order valence-corrected chi connectivity index (χ3v) is 5.23. The van der Waals surface area contributed by atoms with E-state index < -0.39 is 23.8 Å². The van der Waals surface area contributed by atoms with Gasteiger partial charge in [-0.2, -0.15) is 0 Å². The molecule has 0 spiro atoms. The van der Waals surface area contributed by atoms with Crippen LogP contribution in [-0.2, 0) is 9.53 Å². The predicted octanol–water partition coefficient (Wildman–Crippen LogP) is 5.14. The highest BCUT2D eigenvalue weighted by Crippen LogP contribution is 2.30. The van der Waals surface area contributed by atoms with Crippen molar-refractivity contribution in [1.82, 2.24) is 0 Å². The van der Waals surface area contributed by atoms with Gasteiger partial charge in [0.1, 0.15) is 11.9 Å². The lowest BCUT2D eigenvalue weighted by molar-refractivity contribution is -0.137.